The van der Waals surface area contributed by atoms with Crippen LogP contribution in [0.5, 0.6) is 0 Å². The predicted octanol–water partition coefficient (Wildman–Crippen LogP) is 4.66. The maximum absolute atomic E-state index is 11.2. The lowest BCUT2D eigenvalue weighted by atomic mass is 10.0. The van der Waals surface area contributed by atoms with Crippen molar-refractivity contribution in [3.63, 3.8) is 0 Å². The number of aromatic nitrogens is 1. The number of carboxylic acid groups (broad SMARTS) is 1. The zero-order chi connectivity index (χ0) is 18.3. The summed E-state index contributed by atoms with van der Waals surface area (Å²) in [5.41, 5.74) is 1.45. The molecule has 1 N–H and O–H groups in total. The number of ether oxygens (including phenoxy) is 1. The third-order valence-corrected chi connectivity index (χ3v) is 4.36. The molecule has 0 aliphatic carbocycles. The van der Waals surface area contributed by atoms with Crippen molar-refractivity contribution in [2.75, 3.05) is 6.61 Å². The molecule has 0 aromatic carbocycles. The lowest BCUT2D eigenvalue weighted by Gasteiger charge is -2.11. The molecule has 1 aromatic rings. The molecule has 0 unspecified atom stereocenters. The third kappa shape index (κ3) is 5.82. The van der Waals surface area contributed by atoms with Crippen LogP contribution in [0.2, 0.25) is 0 Å². The first-order valence-corrected chi connectivity index (χ1v) is 8.69. The molecule has 0 aliphatic rings. The van der Waals surface area contributed by atoms with Gasteiger partial charge in [-0.15, -0.1) is 11.3 Å². The van der Waals surface area contributed by atoms with Crippen molar-refractivity contribution in [2.45, 2.75) is 41.0 Å². The first kappa shape index (κ1) is 19.9. The van der Waals surface area contributed by atoms with E-state index in [1.54, 1.807) is 13.0 Å². The minimum atomic E-state index is -0.958. The van der Waals surface area contributed by atoms with Crippen LogP contribution in [0.4, 0.5) is 0 Å². The Morgan fingerprint density at radius 3 is 2.50 bits per heavy atom. The number of carboxylic acids is 1. The van der Waals surface area contributed by atoms with Crippen molar-refractivity contribution in [2.24, 2.45) is 11.8 Å². The molecule has 0 atom stereocenters. The molecule has 1 heterocycles. The third-order valence-electron chi connectivity index (χ3n) is 3.16. The summed E-state index contributed by atoms with van der Waals surface area (Å²) in [6.07, 6.45) is 3.87. The second-order valence-electron chi connectivity index (χ2n) is 6.19. The second kappa shape index (κ2) is 9.24. The highest BCUT2D eigenvalue weighted by atomic mass is 32.1. The number of aryl methyl sites for hydroxylation is 1. The van der Waals surface area contributed by atoms with Gasteiger partial charge in [-0.2, -0.15) is 5.26 Å². The predicted molar refractivity (Wildman–Crippen MR) is 95.7 cm³/mol. The van der Waals surface area contributed by atoms with E-state index in [1.807, 2.05) is 33.8 Å². The Morgan fingerprint density at radius 1 is 1.38 bits per heavy atom. The molecule has 6 heteroatoms. The molecule has 0 spiro atoms. The van der Waals surface area contributed by atoms with E-state index < -0.39 is 5.97 Å². The van der Waals surface area contributed by atoms with Gasteiger partial charge in [-0.25, -0.2) is 9.78 Å². The van der Waals surface area contributed by atoms with Gasteiger partial charge in [-0.1, -0.05) is 33.8 Å². The normalized spacial score (nSPS) is 12.6. The van der Waals surface area contributed by atoms with E-state index >= 15 is 0 Å². The number of hydrogen-bond donors (Lipinski definition) is 1. The zero-order valence-corrected chi connectivity index (χ0v) is 15.6. The van der Waals surface area contributed by atoms with E-state index in [9.17, 15) is 9.90 Å². The van der Waals surface area contributed by atoms with E-state index in [0.29, 0.717) is 29.0 Å². The van der Waals surface area contributed by atoms with Gasteiger partial charge in [0.25, 0.3) is 0 Å². The summed E-state index contributed by atoms with van der Waals surface area (Å²) in [6, 6.07) is 2.10. The van der Waals surface area contributed by atoms with E-state index in [2.05, 4.69) is 11.1 Å². The average molecular weight is 348 g/mol. The van der Waals surface area contributed by atoms with Crippen LogP contribution in [0.3, 0.4) is 0 Å². The van der Waals surface area contributed by atoms with Crippen molar-refractivity contribution in [1.82, 2.24) is 4.98 Å². The van der Waals surface area contributed by atoms with Crippen molar-refractivity contribution < 1.29 is 14.6 Å². The zero-order valence-electron chi connectivity index (χ0n) is 14.8. The molecule has 0 fully saturated rings. The molecule has 0 aliphatic heterocycles. The Morgan fingerprint density at radius 2 is 2.04 bits per heavy atom. The molecular formula is C18H24N2O3S. The molecule has 0 amide bonds. The summed E-state index contributed by atoms with van der Waals surface area (Å²) in [4.78, 5) is 15.9. The molecule has 1 aromatic heterocycles. The SMILES string of the molecule is Cc1nc(/C(=C/C=C(\CC#N)OCC(C)C)C(C)C)sc1C(=O)O. The van der Waals surface area contributed by atoms with E-state index in [-0.39, 0.29) is 17.2 Å². The van der Waals surface area contributed by atoms with E-state index in [4.69, 9.17) is 10.00 Å². The number of rotatable bonds is 8. The van der Waals surface area contributed by atoms with Crippen molar-refractivity contribution >= 4 is 22.9 Å². The van der Waals surface area contributed by atoms with Gasteiger partial charge in [0, 0.05) is 0 Å². The van der Waals surface area contributed by atoms with Crippen LogP contribution < -0.4 is 0 Å². The largest absolute Gasteiger partial charge is 0.497 e. The fourth-order valence-corrected chi connectivity index (χ4v) is 3.00. The topological polar surface area (TPSA) is 83.2 Å². The number of aromatic carboxylic acids is 1. The van der Waals surface area contributed by atoms with Crippen molar-refractivity contribution in [3.05, 3.63) is 33.5 Å². The Kier molecular flexibility index (Phi) is 7.66. The summed E-state index contributed by atoms with van der Waals surface area (Å²) in [5.74, 6) is 0.193. The van der Waals surface area contributed by atoms with Gasteiger partial charge in [-0.3, -0.25) is 0 Å². The number of nitriles is 1. The molecule has 0 radical (unpaired) electrons. The van der Waals surface area contributed by atoms with E-state index in [1.165, 1.54) is 11.3 Å². The van der Waals surface area contributed by atoms with Gasteiger partial charge in [0.1, 0.15) is 15.6 Å². The van der Waals surface area contributed by atoms with Crippen LogP contribution in [-0.4, -0.2) is 22.7 Å². The number of hydrogen-bond acceptors (Lipinski definition) is 5. The first-order chi connectivity index (χ1) is 11.3. The molecule has 24 heavy (non-hydrogen) atoms. The Labute approximate surface area is 147 Å². The van der Waals surface area contributed by atoms with Crippen LogP contribution in [0, 0.1) is 30.1 Å². The standard InChI is InChI=1S/C18H24N2O3S/c1-11(2)10-23-14(8-9-19)6-7-15(12(3)4)17-20-13(5)16(24-17)18(21)22/h6-7,11-12H,8,10H2,1-5H3,(H,21,22)/b14-6+,15-7+. The summed E-state index contributed by atoms with van der Waals surface area (Å²) in [7, 11) is 0. The van der Waals surface area contributed by atoms with Crippen LogP contribution in [-0.2, 0) is 4.74 Å². The average Bonchev–Trinajstić information content (AvgIpc) is 2.86. The Hall–Kier alpha value is -2.13. The van der Waals surface area contributed by atoms with Crippen LogP contribution >= 0.6 is 11.3 Å². The lowest BCUT2D eigenvalue weighted by molar-refractivity contribution is 0.0701. The minimum absolute atomic E-state index is 0.168. The van der Waals surface area contributed by atoms with Crippen LogP contribution in [0.1, 0.15) is 54.5 Å². The quantitative estimate of drug-likeness (QED) is 0.545. The monoisotopic (exact) mass is 348 g/mol. The van der Waals surface area contributed by atoms with Gasteiger partial charge in [-0.05, 0) is 30.4 Å². The lowest BCUT2D eigenvalue weighted by Crippen LogP contribution is -2.01. The van der Waals surface area contributed by atoms with Gasteiger partial charge in [0.05, 0.1) is 24.8 Å². The fraction of sp³-hybridized carbons (Fsp3) is 0.500. The van der Waals surface area contributed by atoms with Crippen LogP contribution in [0.25, 0.3) is 5.57 Å². The van der Waals surface area contributed by atoms with Crippen LogP contribution in [0.15, 0.2) is 17.9 Å². The summed E-state index contributed by atoms with van der Waals surface area (Å²) < 4.78 is 5.66. The summed E-state index contributed by atoms with van der Waals surface area (Å²) >= 11 is 1.17. The highest BCUT2D eigenvalue weighted by molar-refractivity contribution is 7.14. The van der Waals surface area contributed by atoms with Gasteiger partial charge in [0.15, 0.2) is 0 Å². The molecule has 0 saturated heterocycles. The molecule has 0 saturated carbocycles. The maximum Gasteiger partial charge on any atom is 0.347 e. The van der Waals surface area contributed by atoms with E-state index in [0.717, 1.165) is 5.57 Å². The molecule has 130 valence electrons. The highest BCUT2D eigenvalue weighted by Crippen LogP contribution is 2.29. The highest BCUT2D eigenvalue weighted by Gasteiger charge is 2.17. The second-order valence-corrected chi connectivity index (χ2v) is 7.19. The number of nitrogens with zero attached hydrogens (tertiary/aromatic N) is 2. The molecular weight excluding hydrogens is 324 g/mol. The number of carbonyl (C=O) groups is 1. The molecule has 1 rings (SSSR count). The summed E-state index contributed by atoms with van der Waals surface area (Å²) in [5, 5.41) is 18.8. The van der Waals surface area contributed by atoms with Gasteiger partial charge in [0.2, 0.25) is 0 Å². The van der Waals surface area contributed by atoms with Gasteiger partial charge >= 0.3 is 5.97 Å². The number of allylic oxidation sites excluding steroid dienone is 4. The van der Waals surface area contributed by atoms with Crippen molar-refractivity contribution in [3.8, 4) is 6.07 Å². The van der Waals surface area contributed by atoms with Gasteiger partial charge < -0.3 is 9.84 Å². The summed E-state index contributed by atoms with van der Waals surface area (Å²) in [6.45, 7) is 10.4. The minimum Gasteiger partial charge on any atom is -0.497 e. The molecule has 5 nitrogen and oxygen atoms in total. The maximum atomic E-state index is 11.2. The number of thiazole rings is 1. The van der Waals surface area contributed by atoms with Crippen molar-refractivity contribution in [1.29, 1.82) is 5.26 Å². The first-order valence-electron chi connectivity index (χ1n) is 7.87. The molecule has 0 bridgehead atoms. The fourth-order valence-electron chi connectivity index (χ4n) is 1.92. The smallest absolute Gasteiger partial charge is 0.347 e. The Bertz CT molecular complexity index is 679. The Balaban J connectivity index is 3.15.